The van der Waals surface area contributed by atoms with Crippen LogP contribution in [0.1, 0.15) is 46.5 Å². The maximum atomic E-state index is 15.4. The van der Waals surface area contributed by atoms with E-state index in [-0.39, 0.29) is 0 Å². The highest BCUT2D eigenvalue weighted by Gasteiger charge is 2.27. The lowest BCUT2D eigenvalue weighted by molar-refractivity contribution is 0.242. The molecule has 0 amide bonds. The molecule has 8 rings (SSSR count). The van der Waals surface area contributed by atoms with E-state index in [1.807, 2.05) is 0 Å². The highest BCUT2D eigenvalue weighted by molar-refractivity contribution is 5.66. The number of piperidine rings is 2. The molecule has 2 atom stereocenters. The Hall–Kier alpha value is -6.32. The van der Waals surface area contributed by atoms with Gasteiger partial charge in [-0.15, -0.1) is 0 Å². The summed E-state index contributed by atoms with van der Waals surface area (Å²) in [6.45, 7) is 10.6. The van der Waals surface area contributed by atoms with Gasteiger partial charge in [0.05, 0.1) is 13.7 Å². The van der Waals surface area contributed by atoms with Crippen molar-refractivity contribution in [2.24, 2.45) is 23.7 Å². The summed E-state index contributed by atoms with van der Waals surface area (Å²) in [6.07, 6.45) is 7.43. The summed E-state index contributed by atoms with van der Waals surface area (Å²) in [5.41, 5.74) is 1.29. The van der Waals surface area contributed by atoms with Crippen molar-refractivity contribution in [2.75, 3.05) is 60.3 Å². The Bertz CT molecular complexity index is 2350. The fourth-order valence-corrected chi connectivity index (χ4v) is 7.90. The molecular formula is C43H48F2N10O4. The SMILES string of the molecule is COc1ccc(-c2cc(Nc3ccnc(N4CC(C)CC(CCOc5ccc(-c6cc(Nc7ccnc(N8CCC(C(C)C)CC8)n7)on6)c(F)c5)C4)n3)on2)c(F)c1. The van der Waals surface area contributed by atoms with Crippen LogP contribution in [0.25, 0.3) is 22.5 Å². The predicted molar refractivity (Wildman–Crippen MR) is 220 cm³/mol. The summed E-state index contributed by atoms with van der Waals surface area (Å²) in [5, 5.41) is 14.4. The maximum Gasteiger partial charge on any atom is 0.230 e. The first-order valence-corrected chi connectivity index (χ1v) is 20.1. The van der Waals surface area contributed by atoms with E-state index < -0.39 is 11.6 Å². The molecule has 2 aliphatic heterocycles. The number of hydrogen-bond donors (Lipinski definition) is 2. The van der Waals surface area contributed by atoms with Crippen LogP contribution < -0.4 is 29.9 Å². The average Bonchev–Trinajstić information content (AvgIpc) is 3.90. The number of halogens is 2. The summed E-state index contributed by atoms with van der Waals surface area (Å²) in [4.78, 5) is 22.8. The van der Waals surface area contributed by atoms with Crippen LogP contribution in [0.2, 0.25) is 0 Å². The first kappa shape index (κ1) is 39.5. The van der Waals surface area contributed by atoms with E-state index in [1.54, 1.807) is 60.9 Å². The molecule has 2 aliphatic rings. The summed E-state index contributed by atoms with van der Waals surface area (Å²) in [6, 6.07) is 16.1. The number of ether oxygens (including phenoxy) is 2. The van der Waals surface area contributed by atoms with Gasteiger partial charge in [0.15, 0.2) is 0 Å². The van der Waals surface area contributed by atoms with Crippen LogP contribution in [0.5, 0.6) is 11.5 Å². The minimum Gasteiger partial charge on any atom is -0.497 e. The van der Waals surface area contributed by atoms with E-state index in [1.165, 1.54) is 19.2 Å². The number of rotatable bonds is 14. The van der Waals surface area contributed by atoms with Crippen molar-refractivity contribution in [1.29, 1.82) is 0 Å². The van der Waals surface area contributed by atoms with Crippen molar-refractivity contribution in [3.63, 3.8) is 0 Å². The molecule has 6 heterocycles. The fraction of sp³-hybridized carbons (Fsp3) is 0.395. The second kappa shape index (κ2) is 17.7. The Labute approximate surface area is 341 Å². The quantitative estimate of drug-likeness (QED) is 0.108. The lowest BCUT2D eigenvalue weighted by Crippen LogP contribution is -2.41. The van der Waals surface area contributed by atoms with Crippen molar-refractivity contribution in [3.8, 4) is 34.0 Å². The average molecular weight is 807 g/mol. The van der Waals surface area contributed by atoms with Gasteiger partial charge in [-0.3, -0.25) is 0 Å². The molecule has 0 radical (unpaired) electrons. The molecule has 2 aromatic carbocycles. The second-order valence-corrected chi connectivity index (χ2v) is 15.7. The summed E-state index contributed by atoms with van der Waals surface area (Å²) in [7, 11) is 1.48. The van der Waals surface area contributed by atoms with Gasteiger partial charge in [-0.05, 0) is 85.8 Å². The normalized spacial score (nSPS) is 17.3. The number of methoxy groups -OCH3 is 1. The minimum absolute atomic E-state index is 0.292. The number of aromatic nitrogens is 6. The standard InChI is InChI=1S/C43H48F2N10O4/c1-26(2)29-11-16-54(17-12-29)42-46-14-9-38(50-42)48-40-23-37(53-58-40)33-8-6-31(21-35(33)45)57-18-13-28-19-27(3)24-55(25-28)43-47-15-10-39(51-43)49-41-22-36(52-59-41)32-7-5-30(56-4)20-34(32)44/h5-10,14-15,20-23,26-29H,11-13,16-19,24-25H2,1-4H3,(H,46,48,50)(H,47,49,51). The van der Waals surface area contributed by atoms with Gasteiger partial charge in [-0.25, -0.2) is 18.7 Å². The molecule has 0 bridgehead atoms. The van der Waals surface area contributed by atoms with Gasteiger partial charge in [0.25, 0.3) is 0 Å². The van der Waals surface area contributed by atoms with E-state index in [9.17, 15) is 4.39 Å². The van der Waals surface area contributed by atoms with E-state index in [0.717, 1.165) is 57.8 Å². The fourth-order valence-electron chi connectivity index (χ4n) is 7.90. The Balaban J connectivity index is 0.830. The van der Waals surface area contributed by atoms with Crippen LogP contribution in [0.4, 0.5) is 44.1 Å². The highest BCUT2D eigenvalue weighted by Crippen LogP contribution is 2.33. The second-order valence-electron chi connectivity index (χ2n) is 15.7. The lowest BCUT2D eigenvalue weighted by atomic mass is 9.87. The van der Waals surface area contributed by atoms with E-state index in [0.29, 0.717) is 93.7 Å². The Morgan fingerprint density at radius 3 is 1.92 bits per heavy atom. The topological polar surface area (TPSA) is 153 Å². The molecule has 14 nitrogen and oxygen atoms in total. The number of hydrogen-bond acceptors (Lipinski definition) is 14. The zero-order valence-electron chi connectivity index (χ0n) is 33.6. The molecule has 0 spiro atoms. The first-order chi connectivity index (χ1) is 28.7. The summed E-state index contributed by atoms with van der Waals surface area (Å²) >= 11 is 0. The van der Waals surface area contributed by atoms with Gasteiger partial charge in [-0.2, -0.15) is 9.97 Å². The van der Waals surface area contributed by atoms with Gasteiger partial charge < -0.3 is 39.0 Å². The number of nitrogens with zero attached hydrogens (tertiary/aromatic N) is 8. The van der Waals surface area contributed by atoms with Crippen molar-refractivity contribution < 1.29 is 27.3 Å². The van der Waals surface area contributed by atoms with Crippen LogP contribution in [0.15, 0.2) is 82.1 Å². The minimum atomic E-state index is -0.468. The molecule has 2 saturated heterocycles. The van der Waals surface area contributed by atoms with E-state index >= 15 is 4.39 Å². The van der Waals surface area contributed by atoms with E-state index in [4.69, 9.17) is 23.5 Å². The molecule has 16 heteroatoms. The predicted octanol–water partition coefficient (Wildman–Crippen LogP) is 9.15. The highest BCUT2D eigenvalue weighted by atomic mass is 19.1. The molecule has 59 heavy (non-hydrogen) atoms. The molecule has 2 fully saturated rings. The molecule has 2 N–H and O–H groups in total. The lowest BCUT2D eigenvalue weighted by Gasteiger charge is -2.36. The van der Waals surface area contributed by atoms with Crippen LogP contribution >= 0.6 is 0 Å². The van der Waals surface area contributed by atoms with Crippen molar-refractivity contribution in [3.05, 3.63) is 84.7 Å². The maximum absolute atomic E-state index is 15.4. The van der Waals surface area contributed by atoms with Crippen molar-refractivity contribution in [1.82, 2.24) is 30.2 Å². The number of benzene rings is 2. The molecule has 308 valence electrons. The zero-order valence-corrected chi connectivity index (χ0v) is 33.6. The first-order valence-electron chi connectivity index (χ1n) is 20.1. The summed E-state index contributed by atoms with van der Waals surface area (Å²) < 4.78 is 52.1. The molecule has 0 aliphatic carbocycles. The third-order valence-electron chi connectivity index (χ3n) is 11.1. The molecule has 4 aromatic heterocycles. The Morgan fingerprint density at radius 2 is 1.34 bits per heavy atom. The monoisotopic (exact) mass is 806 g/mol. The molecule has 6 aromatic rings. The molecule has 2 unspecified atom stereocenters. The largest absolute Gasteiger partial charge is 0.497 e. The van der Waals surface area contributed by atoms with Gasteiger partial charge in [0.1, 0.15) is 46.2 Å². The van der Waals surface area contributed by atoms with Gasteiger partial charge in [0, 0.05) is 74.0 Å². The Morgan fingerprint density at radius 1 is 0.763 bits per heavy atom. The number of nitrogens with one attached hydrogen (secondary N) is 2. The van der Waals surface area contributed by atoms with Crippen LogP contribution in [-0.2, 0) is 0 Å². The van der Waals surface area contributed by atoms with Crippen LogP contribution in [0.3, 0.4) is 0 Å². The van der Waals surface area contributed by atoms with Crippen LogP contribution in [0, 0.1) is 35.3 Å². The van der Waals surface area contributed by atoms with Gasteiger partial charge >= 0.3 is 0 Å². The van der Waals surface area contributed by atoms with Gasteiger partial charge in [0.2, 0.25) is 23.7 Å². The third kappa shape index (κ3) is 9.53. The number of anilines is 6. The van der Waals surface area contributed by atoms with Gasteiger partial charge in [-0.1, -0.05) is 31.1 Å². The van der Waals surface area contributed by atoms with Crippen molar-refractivity contribution >= 4 is 35.3 Å². The molecule has 0 saturated carbocycles. The third-order valence-corrected chi connectivity index (χ3v) is 11.1. The van der Waals surface area contributed by atoms with Crippen molar-refractivity contribution in [2.45, 2.75) is 46.5 Å². The smallest absolute Gasteiger partial charge is 0.230 e. The summed E-state index contributed by atoms with van der Waals surface area (Å²) in [5.74, 6) is 5.03. The van der Waals surface area contributed by atoms with Crippen LogP contribution in [-0.4, -0.2) is 70.1 Å². The Kier molecular flexibility index (Phi) is 11.8. The molecular weight excluding hydrogens is 759 g/mol. The van der Waals surface area contributed by atoms with E-state index in [2.05, 4.69) is 66.5 Å². The zero-order chi connectivity index (χ0) is 40.9.